The molecule has 0 radical (unpaired) electrons. The molecule has 0 saturated heterocycles. The van der Waals surface area contributed by atoms with Crippen LogP contribution in [0, 0.1) is 24.0 Å². The molecule has 0 amide bonds. The van der Waals surface area contributed by atoms with Crippen LogP contribution in [0.1, 0.15) is 42.8 Å². The molecular weight excluding hydrogens is 348 g/mol. The quantitative estimate of drug-likeness (QED) is 0.580. The molecule has 0 bridgehead atoms. The number of anilines is 1. The van der Waals surface area contributed by atoms with Gasteiger partial charge in [0.1, 0.15) is 11.5 Å². The van der Waals surface area contributed by atoms with Gasteiger partial charge in [-0.1, -0.05) is 6.07 Å². The molecule has 1 fully saturated rings. The van der Waals surface area contributed by atoms with Crippen molar-refractivity contribution >= 4 is 11.5 Å². The topological polar surface area (TPSA) is 99.4 Å². The number of aryl methyl sites for hydroxylation is 2. The summed E-state index contributed by atoms with van der Waals surface area (Å²) in [6, 6.07) is 5.67. The molecule has 0 unspecified atom stereocenters. The SMILES string of the molecule is COc1ccc(CNc2nc(C)nc(C)c2[N+](=O)[O-])cc1OC1CCCC1. The van der Waals surface area contributed by atoms with Crippen LogP contribution in [-0.4, -0.2) is 28.1 Å². The van der Waals surface area contributed by atoms with Gasteiger partial charge in [0, 0.05) is 6.54 Å². The molecule has 3 rings (SSSR count). The Morgan fingerprint density at radius 1 is 1.22 bits per heavy atom. The summed E-state index contributed by atoms with van der Waals surface area (Å²) in [5.74, 6) is 2.10. The van der Waals surface area contributed by atoms with E-state index >= 15 is 0 Å². The Kier molecular flexibility index (Phi) is 5.73. The van der Waals surface area contributed by atoms with Gasteiger partial charge in [-0.15, -0.1) is 0 Å². The first-order valence-electron chi connectivity index (χ1n) is 9.05. The molecule has 8 heteroatoms. The van der Waals surface area contributed by atoms with E-state index in [0.717, 1.165) is 18.4 Å². The largest absolute Gasteiger partial charge is 0.493 e. The lowest BCUT2D eigenvalue weighted by atomic mass is 10.2. The van der Waals surface area contributed by atoms with Gasteiger partial charge in [-0.3, -0.25) is 10.1 Å². The van der Waals surface area contributed by atoms with Crippen molar-refractivity contribution in [1.82, 2.24) is 9.97 Å². The second-order valence-electron chi connectivity index (χ2n) is 6.67. The molecule has 1 aliphatic carbocycles. The number of hydrogen-bond donors (Lipinski definition) is 1. The van der Waals surface area contributed by atoms with Gasteiger partial charge in [0.05, 0.1) is 18.1 Å². The number of benzene rings is 1. The lowest BCUT2D eigenvalue weighted by Gasteiger charge is -2.17. The highest BCUT2D eigenvalue weighted by molar-refractivity contribution is 5.58. The van der Waals surface area contributed by atoms with Crippen molar-refractivity contribution in [2.75, 3.05) is 12.4 Å². The minimum absolute atomic E-state index is 0.100. The zero-order valence-corrected chi connectivity index (χ0v) is 15.8. The molecule has 1 heterocycles. The van der Waals surface area contributed by atoms with Gasteiger partial charge in [0.25, 0.3) is 0 Å². The number of nitrogens with one attached hydrogen (secondary N) is 1. The summed E-state index contributed by atoms with van der Waals surface area (Å²) in [5, 5.41) is 14.4. The number of rotatable bonds is 7. The molecule has 1 saturated carbocycles. The first-order valence-corrected chi connectivity index (χ1v) is 9.05. The van der Waals surface area contributed by atoms with Gasteiger partial charge < -0.3 is 14.8 Å². The summed E-state index contributed by atoms with van der Waals surface area (Å²) in [7, 11) is 1.62. The van der Waals surface area contributed by atoms with E-state index in [1.54, 1.807) is 21.0 Å². The Morgan fingerprint density at radius 3 is 2.63 bits per heavy atom. The molecule has 1 N–H and O–H groups in total. The Hall–Kier alpha value is -2.90. The highest BCUT2D eigenvalue weighted by atomic mass is 16.6. The molecule has 0 atom stereocenters. The van der Waals surface area contributed by atoms with E-state index in [1.165, 1.54) is 12.8 Å². The fraction of sp³-hybridized carbons (Fsp3) is 0.474. The highest BCUT2D eigenvalue weighted by Crippen LogP contribution is 2.33. The molecule has 0 aliphatic heterocycles. The van der Waals surface area contributed by atoms with Crippen LogP contribution in [-0.2, 0) is 6.54 Å². The Labute approximate surface area is 158 Å². The molecule has 1 aromatic carbocycles. The maximum atomic E-state index is 11.3. The second-order valence-corrected chi connectivity index (χ2v) is 6.67. The van der Waals surface area contributed by atoms with Gasteiger partial charge in [0.2, 0.25) is 5.82 Å². The van der Waals surface area contributed by atoms with Crippen molar-refractivity contribution < 1.29 is 14.4 Å². The van der Waals surface area contributed by atoms with Crippen molar-refractivity contribution in [3.8, 4) is 11.5 Å². The second kappa shape index (κ2) is 8.20. The first kappa shape index (κ1) is 18.9. The maximum absolute atomic E-state index is 11.3. The van der Waals surface area contributed by atoms with Crippen LogP contribution >= 0.6 is 0 Å². The molecule has 0 spiro atoms. The monoisotopic (exact) mass is 372 g/mol. The summed E-state index contributed by atoms with van der Waals surface area (Å²) < 4.78 is 11.5. The third kappa shape index (κ3) is 4.45. The average Bonchev–Trinajstić information content (AvgIpc) is 3.12. The van der Waals surface area contributed by atoms with E-state index in [2.05, 4.69) is 15.3 Å². The van der Waals surface area contributed by atoms with Crippen molar-refractivity contribution in [2.45, 2.75) is 52.2 Å². The maximum Gasteiger partial charge on any atom is 0.332 e. The number of ether oxygens (including phenoxy) is 2. The average molecular weight is 372 g/mol. The third-order valence-electron chi connectivity index (χ3n) is 4.64. The fourth-order valence-corrected chi connectivity index (χ4v) is 3.34. The van der Waals surface area contributed by atoms with E-state index in [9.17, 15) is 10.1 Å². The number of hydrogen-bond acceptors (Lipinski definition) is 7. The van der Waals surface area contributed by atoms with Crippen LogP contribution in [0.2, 0.25) is 0 Å². The van der Waals surface area contributed by atoms with Gasteiger partial charge in [0.15, 0.2) is 11.5 Å². The summed E-state index contributed by atoms with van der Waals surface area (Å²) in [5.41, 5.74) is 1.17. The molecule has 27 heavy (non-hydrogen) atoms. The van der Waals surface area contributed by atoms with Gasteiger partial charge in [-0.2, -0.15) is 0 Å². The van der Waals surface area contributed by atoms with Crippen molar-refractivity contribution in [3.05, 3.63) is 45.4 Å². The van der Waals surface area contributed by atoms with Crippen molar-refractivity contribution in [2.24, 2.45) is 0 Å². The predicted octanol–water partition coefficient (Wildman–Crippen LogP) is 3.94. The molecule has 1 aliphatic rings. The van der Waals surface area contributed by atoms with Crippen LogP contribution in [0.5, 0.6) is 11.5 Å². The number of nitrogens with zero attached hydrogens (tertiary/aromatic N) is 3. The van der Waals surface area contributed by atoms with E-state index < -0.39 is 4.92 Å². The van der Waals surface area contributed by atoms with Crippen molar-refractivity contribution in [3.63, 3.8) is 0 Å². The lowest BCUT2D eigenvalue weighted by molar-refractivity contribution is -0.385. The Bertz CT molecular complexity index is 835. The van der Waals surface area contributed by atoms with Crippen molar-refractivity contribution in [1.29, 1.82) is 0 Å². The van der Waals surface area contributed by atoms with Crippen LogP contribution in [0.4, 0.5) is 11.5 Å². The van der Waals surface area contributed by atoms with E-state index in [4.69, 9.17) is 9.47 Å². The molecule has 144 valence electrons. The minimum Gasteiger partial charge on any atom is -0.493 e. The minimum atomic E-state index is -0.459. The zero-order chi connectivity index (χ0) is 19.4. The van der Waals surface area contributed by atoms with Crippen LogP contribution in [0.3, 0.4) is 0 Å². The van der Waals surface area contributed by atoms with E-state index in [-0.39, 0.29) is 17.6 Å². The summed E-state index contributed by atoms with van der Waals surface area (Å²) >= 11 is 0. The Morgan fingerprint density at radius 2 is 1.96 bits per heavy atom. The summed E-state index contributed by atoms with van der Waals surface area (Å²) in [4.78, 5) is 19.2. The molecular formula is C19H24N4O4. The lowest BCUT2D eigenvalue weighted by Crippen LogP contribution is -2.12. The van der Waals surface area contributed by atoms with Crippen LogP contribution in [0.15, 0.2) is 18.2 Å². The van der Waals surface area contributed by atoms with Gasteiger partial charge >= 0.3 is 5.69 Å². The van der Waals surface area contributed by atoms with E-state index in [0.29, 0.717) is 29.6 Å². The molecule has 2 aromatic rings. The fourth-order valence-electron chi connectivity index (χ4n) is 3.34. The van der Waals surface area contributed by atoms with Crippen LogP contribution in [0.25, 0.3) is 0 Å². The summed E-state index contributed by atoms with van der Waals surface area (Å²) in [6.45, 7) is 3.70. The Balaban J connectivity index is 1.79. The van der Waals surface area contributed by atoms with Gasteiger partial charge in [-0.05, 0) is 57.2 Å². The first-order chi connectivity index (χ1) is 13.0. The number of methoxy groups -OCH3 is 1. The molecule has 8 nitrogen and oxygen atoms in total. The highest BCUT2D eigenvalue weighted by Gasteiger charge is 2.22. The smallest absolute Gasteiger partial charge is 0.332 e. The standard InChI is InChI=1S/C19H24N4O4/c1-12-18(23(24)25)19(22-13(2)21-12)20-11-14-8-9-16(26-3)17(10-14)27-15-6-4-5-7-15/h8-10,15H,4-7,11H2,1-3H3,(H,20,21,22). The zero-order valence-electron chi connectivity index (χ0n) is 15.8. The van der Waals surface area contributed by atoms with E-state index in [1.807, 2.05) is 18.2 Å². The summed E-state index contributed by atoms with van der Waals surface area (Å²) in [6.07, 6.45) is 4.69. The van der Waals surface area contributed by atoms with Crippen LogP contribution < -0.4 is 14.8 Å². The number of aromatic nitrogens is 2. The van der Waals surface area contributed by atoms with Gasteiger partial charge in [-0.25, -0.2) is 9.97 Å². The number of nitro groups is 1. The molecule has 1 aromatic heterocycles. The third-order valence-corrected chi connectivity index (χ3v) is 4.64. The predicted molar refractivity (Wildman–Crippen MR) is 101 cm³/mol. The normalized spacial score (nSPS) is 14.2.